The van der Waals surface area contributed by atoms with Crippen LogP contribution in [0.5, 0.6) is 5.75 Å². The molecule has 0 saturated carbocycles. The number of rotatable bonds is 2. The Morgan fingerprint density at radius 3 is 2.38 bits per heavy atom. The third kappa shape index (κ3) is 3.59. The third-order valence-corrected chi connectivity index (χ3v) is 1.51. The van der Waals surface area contributed by atoms with Gasteiger partial charge in [0.1, 0.15) is 16.7 Å². The van der Waals surface area contributed by atoms with Crippen molar-refractivity contribution < 1.29 is 31.5 Å². The predicted molar refractivity (Wildman–Crippen MR) is 44.6 cm³/mol. The Hall–Kier alpha value is -0.833. The standard InChI is InChI=1S/C6H7N2O3S.Li/c7-4-1-2-5(8)6(3-4)11-12(9)10;/h1-3H,7-8H2;/q-1;+1. The molecule has 4 N–H and O–H groups in total. The van der Waals surface area contributed by atoms with Crippen molar-refractivity contribution in [3.05, 3.63) is 18.2 Å². The van der Waals surface area contributed by atoms with E-state index < -0.39 is 11.0 Å². The molecule has 0 amide bonds. The quantitative estimate of drug-likeness (QED) is 0.307. The maximum absolute atomic E-state index is 10.1. The predicted octanol–water partition coefficient (Wildman–Crippen LogP) is -2.54. The minimum Gasteiger partial charge on any atom is -0.531 e. The van der Waals surface area contributed by atoms with Gasteiger partial charge in [0.25, 0.3) is 0 Å². The summed E-state index contributed by atoms with van der Waals surface area (Å²) in [7, 11) is -2.62. The summed E-state index contributed by atoms with van der Waals surface area (Å²) in [6.45, 7) is 0. The normalized spacial score (nSPS) is 9.31. The van der Waals surface area contributed by atoms with E-state index in [2.05, 4.69) is 4.18 Å². The Morgan fingerprint density at radius 2 is 1.85 bits per heavy atom. The molecule has 66 valence electrons. The molecule has 5 nitrogen and oxygen atoms in total. The fourth-order valence-corrected chi connectivity index (χ4v) is 0.987. The van der Waals surface area contributed by atoms with Gasteiger partial charge in [0.15, 0.2) is 0 Å². The number of nitrogen functional groups attached to an aromatic ring is 2. The molecule has 1 aromatic rings. The summed E-state index contributed by atoms with van der Waals surface area (Å²) in [4.78, 5) is 0. The number of hydrogen-bond donors (Lipinski definition) is 2. The molecule has 0 heterocycles. The fraction of sp³-hybridized carbons (Fsp3) is 0. The summed E-state index contributed by atoms with van der Waals surface area (Å²) < 4.78 is 24.6. The Morgan fingerprint density at radius 1 is 1.23 bits per heavy atom. The van der Waals surface area contributed by atoms with Crippen LogP contribution in [0, 0.1) is 0 Å². The van der Waals surface area contributed by atoms with E-state index in [0.717, 1.165) is 0 Å². The van der Waals surface area contributed by atoms with Gasteiger partial charge in [0.2, 0.25) is 0 Å². The number of nitrogens with two attached hydrogens (primary N) is 2. The summed E-state index contributed by atoms with van der Waals surface area (Å²) in [5.74, 6) is 0.0448. The van der Waals surface area contributed by atoms with Crippen LogP contribution in [0.15, 0.2) is 18.2 Å². The van der Waals surface area contributed by atoms with Gasteiger partial charge < -0.3 is 24.1 Å². The van der Waals surface area contributed by atoms with Gasteiger partial charge in [-0.15, -0.1) is 0 Å². The molecule has 0 radical (unpaired) electrons. The minimum absolute atomic E-state index is 0. The van der Waals surface area contributed by atoms with Crippen LogP contribution in [0.3, 0.4) is 0 Å². The Labute approximate surface area is 89.4 Å². The van der Waals surface area contributed by atoms with Crippen molar-refractivity contribution in [2.45, 2.75) is 0 Å². The number of hydrogen-bond acceptors (Lipinski definition) is 6. The van der Waals surface area contributed by atoms with Crippen molar-refractivity contribution in [1.29, 1.82) is 0 Å². The van der Waals surface area contributed by atoms with E-state index in [1.807, 2.05) is 0 Å². The van der Waals surface area contributed by atoms with Gasteiger partial charge in [-0.1, -0.05) is 0 Å². The van der Waals surface area contributed by atoms with Crippen LogP contribution in [0.25, 0.3) is 0 Å². The summed E-state index contributed by atoms with van der Waals surface area (Å²) in [5.41, 5.74) is 11.4. The smallest absolute Gasteiger partial charge is 0.531 e. The van der Waals surface area contributed by atoms with Crippen LogP contribution < -0.4 is 34.5 Å². The minimum atomic E-state index is -2.62. The van der Waals surface area contributed by atoms with Gasteiger partial charge in [0, 0.05) is 11.8 Å². The molecular formula is C6H7LiN2O3S. The van der Waals surface area contributed by atoms with Crippen molar-refractivity contribution in [3.8, 4) is 5.75 Å². The zero-order chi connectivity index (χ0) is 9.14. The Bertz CT molecular complexity index is 359. The molecule has 0 aliphatic heterocycles. The van der Waals surface area contributed by atoms with E-state index >= 15 is 0 Å². The van der Waals surface area contributed by atoms with Gasteiger partial charge in [-0.05, 0) is 12.1 Å². The third-order valence-electron chi connectivity index (χ3n) is 1.20. The van der Waals surface area contributed by atoms with Crippen molar-refractivity contribution >= 4 is 22.4 Å². The molecule has 0 atom stereocenters. The average Bonchev–Trinajstić information content (AvgIpc) is 1.96. The molecule has 0 saturated heterocycles. The second kappa shape index (κ2) is 5.02. The van der Waals surface area contributed by atoms with E-state index in [1.165, 1.54) is 12.1 Å². The van der Waals surface area contributed by atoms with Crippen molar-refractivity contribution in [3.63, 3.8) is 0 Å². The van der Waals surface area contributed by atoms with Crippen molar-refractivity contribution in [2.75, 3.05) is 11.5 Å². The largest absolute Gasteiger partial charge is 1.00 e. The van der Waals surface area contributed by atoms with Gasteiger partial charge in [0.05, 0.1) is 5.69 Å². The van der Waals surface area contributed by atoms with Gasteiger partial charge in [-0.25, -0.2) is 0 Å². The molecule has 1 aromatic carbocycles. The molecular weight excluding hydrogens is 187 g/mol. The molecule has 1 rings (SSSR count). The van der Waals surface area contributed by atoms with Crippen LogP contribution >= 0.6 is 0 Å². The first kappa shape index (κ1) is 12.2. The average molecular weight is 194 g/mol. The van der Waals surface area contributed by atoms with Crippen LogP contribution in [-0.2, 0) is 19.4 Å². The number of anilines is 2. The molecule has 0 spiro atoms. The molecule has 7 heteroatoms. The van der Waals surface area contributed by atoms with Gasteiger partial charge in [-0.2, -0.15) is 0 Å². The molecule has 0 fully saturated rings. The van der Waals surface area contributed by atoms with E-state index in [0.29, 0.717) is 5.69 Å². The second-order valence-electron chi connectivity index (χ2n) is 2.08. The summed E-state index contributed by atoms with van der Waals surface area (Å²) in [6.07, 6.45) is 0. The molecule has 0 bridgehead atoms. The monoisotopic (exact) mass is 194 g/mol. The first-order chi connectivity index (χ1) is 5.59. The first-order valence-corrected chi connectivity index (χ1v) is 4.02. The maximum Gasteiger partial charge on any atom is 1.00 e. The van der Waals surface area contributed by atoms with Crippen molar-refractivity contribution in [2.24, 2.45) is 0 Å². The zero-order valence-electron chi connectivity index (χ0n) is 7.02. The van der Waals surface area contributed by atoms with E-state index in [1.54, 1.807) is 6.07 Å². The topological polar surface area (TPSA) is 95.4 Å². The van der Waals surface area contributed by atoms with Gasteiger partial charge >= 0.3 is 18.9 Å². The molecule has 0 aliphatic carbocycles. The van der Waals surface area contributed by atoms with Gasteiger partial charge in [-0.3, -0.25) is 0 Å². The van der Waals surface area contributed by atoms with E-state index in [4.69, 9.17) is 11.5 Å². The van der Waals surface area contributed by atoms with Crippen molar-refractivity contribution in [1.82, 2.24) is 0 Å². The zero-order valence-corrected chi connectivity index (χ0v) is 7.84. The molecule has 0 unspecified atom stereocenters. The Balaban J connectivity index is 0.00000144. The Kier molecular flexibility index (Phi) is 4.70. The van der Waals surface area contributed by atoms with E-state index in [-0.39, 0.29) is 30.3 Å². The fourth-order valence-electron chi connectivity index (χ4n) is 0.696. The van der Waals surface area contributed by atoms with Crippen LogP contribution in [0.2, 0.25) is 0 Å². The number of benzene rings is 1. The summed E-state index contributed by atoms with van der Waals surface area (Å²) in [6, 6.07) is 4.36. The second-order valence-corrected chi connectivity index (χ2v) is 2.66. The molecule has 0 aliphatic rings. The SMILES string of the molecule is Nc1ccc(N)c(O[S-](=O)=O)c1.[Li+]. The van der Waals surface area contributed by atoms with E-state index in [9.17, 15) is 8.42 Å². The summed E-state index contributed by atoms with van der Waals surface area (Å²) >= 11 is 0. The summed E-state index contributed by atoms with van der Waals surface area (Å²) in [5, 5.41) is 0. The van der Waals surface area contributed by atoms with Crippen LogP contribution in [0.1, 0.15) is 0 Å². The maximum atomic E-state index is 10.1. The molecule has 13 heavy (non-hydrogen) atoms. The van der Waals surface area contributed by atoms with Crippen LogP contribution in [0.4, 0.5) is 11.4 Å². The van der Waals surface area contributed by atoms with Crippen LogP contribution in [-0.4, -0.2) is 0 Å². The molecule has 0 aromatic heterocycles. The first-order valence-electron chi connectivity index (χ1n) is 3.02.